The maximum Gasteiger partial charge on any atom is 0.339 e. The predicted octanol–water partition coefficient (Wildman–Crippen LogP) is 5.39. The molecule has 0 unspecified atom stereocenters. The number of hydrogen-bond donors (Lipinski definition) is 2. The number of amides is 1. The largest absolute Gasteiger partial charge is 0.507 e. The minimum absolute atomic E-state index is 0.00268. The van der Waals surface area contributed by atoms with E-state index in [0.717, 1.165) is 55.3 Å². The van der Waals surface area contributed by atoms with E-state index in [-0.39, 0.29) is 25.2 Å². The van der Waals surface area contributed by atoms with Crippen molar-refractivity contribution in [1.29, 1.82) is 0 Å². The van der Waals surface area contributed by atoms with E-state index in [1.807, 2.05) is 6.07 Å². The fraction of sp³-hybridized carbons (Fsp3) is 0.367. The Balaban J connectivity index is 1.49. The fourth-order valence-corrected chi connectivity index (χ4v) is 7.40. The van der Waals surface area contributed by atoms with Gasteiger partial charge in [-0.05, 0) is 49.9 Å². The molecule has 1 atom stereocenters. The molecule has 14 heteroatoms. The number of sulfonamides is 1. The van der Waals surface area contributed by atoms with E-state index in [9.17, 15) is 45.8 Å². The van der Waals surface area contributed by atoms with Crippen LogP contribution in [0.1, 0.15) is 71.6 Å². The number of aromatic nitrogens is 1. The number of hydrogen-bond acceptors (Lipinski definition) is 6. The van der Waals surface area contributed by atoms with Crippen LogP contribution in [0.25, 0.3) is 0 Å². The third-order valence-corrected chi connectivity index (χ3v) is 10.2. The molecule has 0 radical (unpaired) electrons. The third kappa shape index (κ3) is 5.63. The maximum absolute atomic E-state index is 14.7. The van der Waals surface area contributed by atoms with Gasteiger partial charge in [0.2, 0.25) is 15.9 Å². The van der Waals surface area contributed by atoms with Gasteiger partial charge in [-0.15, -0.1) is 0 Å². The van der Waals surface area contributed by atoms with Crippen LogP contribution < -0.4 is 4.90 Å². The summed E-state index contributed by atoms with van der Waals surface area (Å²) in [5.74, 6) is -10.6. The third-order valence-electron chi connectivity index (χ3n) is 8.27. The summed E-state index contributed by atoms with van der Waals surface area (Å²) in [6.45, 7) is 0.190. The highest BCUT2D eigenvalue weighted by molar-refractivity contribution is 7.89. The first-order valence-corrected chi connectivity index (χ1v) is 15.4. The number of rotatable bonds is 8. The summed E-state index contributed by atoms with van der Waals surface area (Å²) in [6.07, 6.45) is 6.86. The van der Waals surface area contributed by atoms with E-state index in [4.69, 9.17) is 0 Å². The number of nitrogens with zero attached hydrogens (tertiary/aromatic N) is 3. The van der Waals surface area contributed by atoms with Gasteiger partial charge in [0, 0.05) is 41.7 Å². The summed E-state index contributed by atoms with van der Waals surface area (Å²) in [5, 5.41) is 19.6. The molecular weight excluding hydrogens is 606 g/mol. The van der Waals surface area contributed by atoms with Crippen LogP contribution in [0.4, 0.5) is 23.2 Å². The maximum atomic E-state index is 14.7. The van der Waals surface area contributed by atoms with Crippen LogP contribution in [0.3, 0.4) is 0 Å². The van der Waals surface area contributed by atoms with E-state index in [0.29, 0.717) is 15.8 Å². The van der Waals surface area contributed by atoms with Crippen molar-refractivity contribution in [2.45, 2.75) is 68.8 Å². The van der Waals surface area contributed by atoms with Crippen LogP contribution in [-0.4, -0.2) is 52.4 Å². The number of aromatic carboxylic acids is 1. The Morgan fingerprint density at radius 1 is 0.977 bits per heavy atom. The van der Waals surface area contributed by atoms with Crippen LogP contribution in [0, 0.1) is 30.2 Å². The van der Waals surface area contributed by atoms with Gasteiger partial charge in [-0.2, -0.15) is 4.31 Å². The second-order valence-corrected chi connectivity index (χ2v) is 12.8. The summed E-state index contributed by atoms with van der Waals surface area (Å²) in [5.41, 5.74) is -0.0558. The number of benzene rings is 2. The molecule has 2 aromatic carbocycles. The molecule has 1 aliphatic heterocycles. The summed E-state index contributed by atoms with van der Waals surface area (Å²) in [4.78, 5) is 29.1. The Bertz CT molecular complexity index is 1700. The molecule has 2 heterocycles. The fourth-order valence-electron chi connectivity index (χ4n) is 5.66. The van der Waals surface area contributed by atoms with Gasteiger partial charge in [-0.25, -0.2) is 30.8 Å². The van der Waals surface area contributed by atoms with Gasteiger partial charge in [0.1, 0.15) is 17.4 Å². The van der Waals surface area contributed by atoms with Crippen molar-refractivity contribution in [3.63, 3.8) is 0 Å². The number of phenols is 1. The standard InChI is InChI=1S/C30H29F4N3O6S/c1-16-24(31)26(33)28(27(34)25(16)32)44(42,43)37-12-11-22(37)29(39)36(19-8-9-20(30(40)41)23(38)13-19)15-17-7-10-21(35-14-17)18-5-3-2-4-6-18/h7-10,13-14,18,22,38H,2-6,11-12,15H2,1H3,(H,40,41)/t22-/m1/s1. The summed E-state index contributed by atoms with van der Waals surface area (Å²) in [7, 11) is -5.24. The normalized spacial score (nSPS) is 17.7. The van der Waals surface area contributed by atoms with Gasteiger partial charge in [-0.3, -0.25) is 9.78 Å². The Labute approximate surface area is 250 Å². The molecular formula is C30H29F4N3O6S. The van der Waals surface area contributed by atoms with Gasteiger partial charge in [0.05, 0.1) is 6.54 Å². The molecule has 1 aliphatic carbocycles. The van der Waals surface area contributed by atoms with Crippen molar-refractivity contribution in [1.82, 2.24) is 9.29 Å². The average Bonchev–Trinajstić information content (AvgIpc) is 2.97. The number of aromatic hydroxyl groups is 1. The van der Waals surface area contributed by atoms with E-state index in [2.05, 4.69) is 4.98 Å². The van der Waals surface area contributed by atoms with Crippen molar-refractivity contribution < 1.29 is 45.8 Å². The van der Waals surface area contributed by atoms with Gasteiger partial charge in [-0.1, -0.05) is 25.3 Å². The molecule has 1 amide bonds. The van der Waals surface area contributed by atoms with Gasteiger partial charge in [0.25, 0.3) is 0 Å². The zero-order chi connectivity index (χ0) is 31.9. The Morgan fingerprint density at radius 2 is 1.64 bits per heavy atom. The first kappa shape index (κ1) is 31.4. The summed E-state index contributed by atoms with van der Waals surface area (Å²) < 4.78 is 85.0. The number of carboxylic acid groups (broad SMARTS) is 1. The topological polar surface area (TPSA) is 128 Å². The van der Waals surface area contributed by atoms with Crippen LogP contribution in [0.15, 0.2) is 41.4 Å². The van der Waals surface area contributed by atoms with Crippen molar-refractivity contribution >= 4 is 27.6 Å². The second kappa shape index (κ2) is 12.2. The highest BCUT2D eigenvalue weighted by Gasteiger charge is 2.47. The van der Waals surface area contributed by atoms with Crippen molar-refractivity contribution in [3.05, 3.63) is 82.2 Å². The minimum atomic E-state index is -5.24. The van der Waals surface area contributed by atoms with Gasteiger partial charge >= 0.3 is 5.97 Å². The lowest BCUT2D eigenvalue weighted by Crippen LogP contribution is -2.59. The smallest absolute Gasteiger partial charge is 0.339 e. The number of carbonyl (C=O) groups excluding carboxylic acids is 1. The van der Waals surface area contributed by atoms with E-state index >= 15 is 0 Å². The van der Waals surface area contributed by atoms with Crippen LogP contribution >= 0.6 is 0 Å². The van der Waals surface area contributed by atoms with Crippen molar-refractivity contribution in [2.24, 2.45) is 0 Å². The molecule has 1 aromatic heterocycles. The number of carboxylic acids is 1. The molecule has 0 bridgehead atoms. The molecule has 9 nitrogen and oxygen atoms in total. The molecule has 3 aromatic rings. The first-order valence-electron chi connectivity index (χ1n) is 14.0. The molecule has 0 spiro atoms. The average molecular weight is 636 g/mol. The monoisotopic (exact) mass is 635 g/mol. The summed E-state index contributed by atoms with van der Waals surface area (Å²) in [6, 6.07) is 5.39. The van der Waals surface area contributed by atoms with E-state index < -0.39 is 73.0 Å². The lowest BCUT2D eigenvalue weighted by Gasteiger charge is -2.41. The number of carbonyl (C=O) groups is 2. The number of halogens is 4. The molecule has 5 rings (SSSR count). The van der Waals surface area contributed by atoms with Crippen molar-refractivity contribution in [3.8, 4) is 5.75 Å². The molecule has 44 heavy (non-hydrogen) atoms. The van der Waals surface area contributed by atoms with Crippen LogP contribution in [-0.2, 0) is 21.4 Å². The van der Waals surface area contributed by atoms with Crippen molar-refractivity contribution in [2.75, 3.05) is 11.4 Å². The Hall–Kier alpha value is -4.04. The molecule has 2 fully saturated rings. The van der Waals surface area contributed by atoms with E-state index in [1.54, 1.807) is 12.3 Å². The van der Waals surface area contributed by atoms with E-state index in [1.165, 1.54) is 12.5 Å². The Morgan fingerprint density at radius 3 is 2.16 bits per heavy atom. The lowest BCUT2D eigenvalue weighted by molar-refractivity contribution is -0.125. The quantitative estimate of drug-likeness (QED) is 0.251. The zero-order valence-corrected chi connectivity index (χ0v) is 24.4. The Kier molecular flexibility index (Phi) is 8.67. The summed E-state index contributed by atoms with van der Waals surface area (Å²) >= 11 is 0. The molecule has 2 N–H and O–H groups in total. The highest BCUT2D eigenvalue weighted by Crippen LogP contribution is 2.36. The second-order valence-electron chi connectivity index (χ2n) is 11.0. The van der Waals surface area contributed by atoms with Crippen LogP contribution in [0.2, 0.25) is 0 Å². The molecule has 234 valence electrons. The van der Waals surface area contributed by atoms with Gasteiger partial charge < -0.3 is 15.1 Å². The highest BCUT2D eigenvalue weighted by atomic mass is 32.2. The number of anilines is 1. The molecule has 1 saturated carbocycles. The lowest BCUT2D eigenvalue weighted by atomic mass is 9.86. The minimum Gasteiger partial charge on any atom is -0.507 e. The first-order chi connectivity index (χ1) is 20.8. The van der Waals surface area contributed by atoms with Crippen LogP contribution in [0.5, 0.6) is 5.75 Å². The SMILES string of the molecule is Cc1c(F)c(F)c(S(=O)(=O)N2CC[C@@H]2C(=O)N(Cc2ccc(C3CCCCC3)nc2)c2ccc(C(=O)O)c(O)c2)c(F)c1F. The number of pyridine rings is 1. The molecule has 2 aliphatic rings. The zero-order valence-electron chi connectivity index (χ0n) is 23.6. The molecule has 1 saturated heterocycles. The van der Waals surface area contributed by atoms with Gasteiger partial charge in [0.15, 0.2) is 28.2 Å². The predicted molar refractivity (Wildman–Crippen MR) is 150 cm³/mol.